The molecule has 0 aliphatic rings. The Kier molecular flexibility index (Phi) is 4.91. The van der Waals surface area contributed by atoms with Crippen LogP contribution in [-0.4, -0.2) is 42.4 Å². The lowest BCUT2D eigenvalue weighted by Crippen LogP contribution is -2.34. The van der Waals surface area contributed by atoms with Crippen LogP contribution in [-0.2, 0) is 4.74 Å². The van der Waals surface area contributed by atoms with Crippen LogP contribution >= 0.6 is 0 Å². The van der Waals surface area contributed by atoms with Gasteiger partial charge in [-0.15, -0.1) is 0 Å². The Morgan fingerprint density at radius 1 is 1.61 bits per heavy atom. The first-order valence-corrected chi connectivity index (χ1v) is 5.71. The normalized spacial score (nSPS) is 10.7. The van der Waals surface area contributed by atoms with Gasteiger partial charge in [0.2, 0.25) is 0 Å². The predicted octanol–water partition coefficient (Wildman–Crippen LogP) is 1.22. The molecule has 0 unspecified atom stereocenters. The molecule has 1 heterocycles. The number of rotatable bonds is 6. The average molecular weight is 253 g/mol. The highest BCUT2D eigenvalue weighted by Crippen LogP contribution is 2.19. The van der Waals surface area contributed by atoms with Crippen LogP contribution in [0, 0.1) is 0 Å². The molecule has 0 spiro atoms. The summed E-state index contributed by atoms with van der Waals surface area (Å²) in [6.45, 7) is 5.21. The summed E-state index contributed by atoms with van der Waals surface area (Å²) in [7, 11) is 1.62. The number of nitrogen functional groups attached to an aromatic ring is 1. The first-order chi connectivity index (χ1) is 8.47. The Morgan fingerprint density at radius 2 is 2.28 bits per heavy atom. The van der Waals surface area contributed by atoms with Crippen LogP contribution in [0.3, 0.4) is 0 Å². The fraction of sp³-hybridized carbons (Fsp3) is 0.500. The van der Waals surface area contributed by atoms with Gasteiger partial charge < -0.3 is 20.5 Å². The Bertz CT molecular complexity index is 421. The molecule has 0 aromatic carbocycles. The zero-order valence-electron chi connectivity index (χ0n) is 10.9. The number of aromatic nitrogens is 1. The number of nitrogens with two attached hydrogens (primary N) is 1. The maximum atomic E-state index is 11.0. The highest BCUT2D eigenvalue weighted by atomic mass is 16.5. The van der Waals surface area contributed by atoms with Crippen LogP contribution in [0.1, 0.15) is 24.2 Å². The summed E-state index contributed by atoms with van der Waals surface area (Å²) in [5.41, 5.74) is 5.82. The summed E-state index contributed by atoms with van der Waals surface area (Å²) in [5.74, 6) is -0.458. The Morgan fingerprint density at radius 3 is 2.78 bits per heavy atom. The SMILES string of the molecule is COCCN(c1cc(C(=O)O)c(N)cn1)C(C)C. The van der Waals surface area contributed by atoms with Crippen molar-refractivity contribution in [3.8, 4) is 0 Å². The second-order valence-electron chi connectivity index (χ2n) is 4.21. The van der Waals surface area contributed by atoms with Crippen molar-refractivity contribution in [1.82, 2.24) is 4.98 Å². The van der Waals surface area contributed by atoms with E-state index < -0.39 is 5.97 Å². The first kappa shape index (κ1) is 14.2. The number of hydrogen-bond acceptors (Lipinski definition) is 5. The second kappa shape index (κ2) is 6.20. The van der Waals surface area contributed by atoms with E-state index >= 15 is 0 Å². The maximum Gasteiger partial charge on any atom is 0.337 e. The minimum Gasteiger partial charge on any atom is -0.478 e. The Balaban J connectivity index is 3.05. The molecule has 0 aliphatic carbocycles. The molecule has 6 nitrogen and oxygen atoms in total. The van der Waals surface area contributed by atoms with Crippen LogP contribution < -0.4 is 10.6 Å². The van der Waals surface area contributed by atoms with Gasteiger partial charge in [0.25, 0.3) is 0 Å². The molecular formula is C12H19N3O3. The van der Waals surface area contributed by atoms with Crippen LogP contribution in [0.5, 0.6) is 0 Å². The summed E-state index contributed by atoms with van der Waals surface area (Å²) >= 11 is 0. The van der Waals surface area contributed by atoms with Gasteiger partial charge in [0, 0.05) is 19.7 Å². The van der Waals surface area contributed by atoms with Crippen molar-refractivity contribution >= 4 is 17.5 Å². The van der Waals surface area contributed by atoms with E-state index in [0.29, 0.717) is 19.0 Å². The van der Waals surface area contributed by atoms with Crippen molar-refractivity contribution in [3.63, 3.8) is 0 Å². The molecule has 0 fully saturated rings. The van der Waals surface area contributed by atoms with Crippen LogP contribution in [0.25, 0.3) is 0 Å². The van der Waals surface area contributed by atoms with Crippen molar-refractivity contribution in [2.75, 3.05) is 30.9 Å². The molecule has 0 bridgehead atoms. The number of aromatic carboxylic acids is 1. The summed E-state index contributed by atoms with van der Waals surface area (Å²) < 4.78 is 5.03. The van der Waals surface area contributed by atoms with Gasteiger partial charge in [0.05, 0.1) is 24.1 Å². The zero-order chi connectivity index (χ0) is 13.7. The number of anilines is 2. The van der Waals surface area contributed by atoms with Crippen molar-refractivity contribution in [2.45, 2.75) is 19.9 Å². The second-order valence-corrected chi connectivity index (χ2v) is 4.21. The van der Waals surface area contributed by atoms with Crippen molar-refractivity contribution in [2.24, 2.45) is 0 Å². The summed E-state index contributed by atoms with van der Waals surface area (Å²) in [5, 5.41) is 9.04. The minimum atomic E-state index is -1.05. The molecule has 6 heteroatoms. The van der Waals surface area contributed by atoms with E-state index in [1.165, 1.54) is 12.3 Å². The number of pyridine rings is 1. The predicted molar refractivity (Wildman–Crippen MR) is 70.0 cm³/mol. The van der Waals surface area contributed by atoms with Crippen LogP contribution in [0.4, 0.5) is 11.5 Å². The molecular weight excluding hydrogens is 234 g/mol. The molecule has 18 heavy (non-hydrogen) atoms. The number of nitrogens with zero attached hydrogens (tertiary/aromatic N) is 2. The van der Waals surface area contributed by atoms with Gasteiger partial charge in [0.15, 0.2) is 0 Å². The van der Waals surface area contributed by atoms with Gasteiger partial charge in [-0.3, -0.25) is 0 Å². The largest absolute Gasteiger partial charge is 0.478 e. The van der Waals surface area contributed by atoms with Gasteiger partial charge >= 0.3 is 5.97 Å². The fourth-order valence-electron chi connectivity index (χ4n) is 1.62. The molecule has 100 valence electrons. The Labute approximate surface area is 106 Å². The fourth-order valence-corrected chi connectivity index (χ4v) is 1.62. The van der Waals surface area contributed by atoms with E-state index in [4.69, 9.17) is 15.6 Å². The molecule has 0 aliphatic heterocycles. The average Bonchev–Trinajstić information content (AvgIpc) is 2.30. The molecule has 0 saturated heterocycles. The molecule has 1 rings (SSSR count). The number of carboxylic acid groups (broad SMARTS) is 1. The van der Waals surface area contributed by atoms with Crippen LogP contribution in [0.2, 0.25) is 0 Å². The third-order valence-electron chi connectivity index (χ3n) is 2.60. The smallest absolute Gasteiger partial charge is 0.337 e. The zero-order valence-corrected chi connectivity index (χ0v) is 10.9. The third-order valence-corrected chi connectivity index (χ3v) is 2.60. The van der Waals surface area contributed by atoms with Gasteiger partial charge in [-0.05, 0) is 19.9 Å². The van der Waals surface area contributed by atoms with Crippen molar-refractivity contribution < 1.29 is 14.6 Å². The van der Waals surface area contributed by atoms with Gasteiger partial charge in [-0.1, -0.05) is 0 Å². The quantitative estimate of drug-likeness (QED) is 0.792. The van der Waals surface area contributed by atoms with E-state index in [9.17, 15) is 4.79 Å². The number of hydrogen-bond donors (Lipinski definition) is 2. The van der Waals surface area contributed by atoms with Gasteiger partial charge in [0.1, 0.15) is 5.82 Å². The van der Waals surface area contributed by atoms with Crippen molar-refractivity contribution in [1.29, 1.82) is 0 Å². The monoisotopic (exact) mass is 253 g/mol. The van der Waals surface area contributed by atoms with E-state index in [0.717, 1.165) is 0 Å². The molecule has 0 saturated carbocycles. The first-order valence-electron chi connectivity index (χ1n) is 5.71. The van der Waals surface area contributed by atoms with E-state index in [2.05, 4.69) is 4.98 Å². The topological polar surface area (TPSA) is 88.7 Å². The molecule has 1 aromatic heterocycles. The number of ether oxygens (including phenoxy) is 1. The standard InChI is InChI=1S/C12H19N3O3/c1-8(2)15(4-5-18-3)11-6-9(12(16)17)10(13)7-14-11/h6-8H,4-5,13H2,1-3H3,(H,16,17). The lowest BCUT2D eigenvalue weighted by molar-refractivity contribution is 0.0698. The number of methoxy groups -OCH3 is 1. The number of carboxylic acids is 1. The van der Waals surface area contributed by atoms with Gasteiger partial charge in [-0.2, -0.15) is 0 Å². The van der Waals surface area contributed by atoms with Gasteiger partial charge in [-0.25, -0.2) is 9.78 Å². The number of carbonyl (C=O) groups is 1. The third kappa shape index (κ3) is 3.33. The maximum absolute atomic E-state index is 11.0. The molecule has 0 amide bonds. The lowest BCUT2D eigenvalue weighted by atomic mass is 10.2. The Hall–Kier alpha value is -1.82. The molecule has 3 N–H and O–H groups in total. The minimum absolute atomic E-state index is 0.0723. The summed E-state index contributed by atoms with van der Waals surface area (Å²) in [6.07, 6.45) is 1.38. The van der Waals surface area contributed by atoms with E-state index in [1.807, 2.05) is 18.7 Å². The molecule has 1 aromatic rings. The molecule has 0 radical (unpaired) electrons. The highest BCUT2D eigenvalue weighted by Gasteiger charge is 2.16. The molecule has 0 atom stereocenters. The van der Waals surface area contributed by atoms with E-state index in [1.54, 1.807) is 7.11 Å². The highest BCUT2D eigenvalue weighted by molar-refractivity contribution is 5.94. The van der Waals surface area contributed by atoms with E-state index in [-0.39, 0.29) is 17.3 Å². The lowest BCUT2D eigenvalue weighted by Gasteiger charge is -2.27. The summed E-state index contributed by atoms with van der Waals surface area (Å²) in [4.78, 5) is 17.2. The van der Waals surface area contributed by atoms with Crippen molar-refractivity contribution in [3.05, 3.63) is 17.8 Å². The summed E-state index contributed by atoms with van der Waals surface area (Å²) in [6, 6.07) is 1.69. The van der Waals surface area contributed by atoms with Crippen LogP contribution in [0.15, 0.2) is 12.3 Å².